The van der Waals surface area contributed by atoms with Crippen molar-refractivity contribution < 1.29 is 4.52 Å². The molecule has 0 aliphatic rings. The van der Waals surface area contributed by atoms with Gasteiger partial charge in [-0.25, -0.2) is 0 Å². The molecule has 0 fully saturated rings. The second-order valence-corrected chi connectivity index (χ2v) is 4.54. The highest BCUT2D eigenvalue weighted by Crippen LogP contribution is 2.17. The number of nitrogens with one attached hydrogen (secondary N) is 1. The van der Waals surface area contributed by atoms with E-state index in [9.17, 15) is 0 Å². The minimum Gasteiger partial charge on any atom is -0.338 e. The molecule has 1 heterocycles. The van der Waals surface area contributed by atoms with Crippen LogP contribution in [0.15, 0.2) is 4.52 Å². The van der Waals surface area contributed by atoms with Crippen LogP contribution in [0.2, 0.25) is 0 Å². The van der Waals surface area contributed by atoms with Gasteiger partial charge in [-0.1, -0.05) is 12.1 Å². The van der Waals surface area contributed by atoms with Crippen molar-refractivity contribution in [3.8, 4) is 0 Å². The number of nitrogens with zero attached hydrogens (tertiary/aromatic N) is 2. The molecule has 0 unspecified atom stereocenters. The van der Waals surface area contributed by atoms with Gasteiger partial charge in [-0.2, -0.15) is 4.98 Å². The number of rotatable bonds is 3. The summed E-state index contributed by atoms with van der Waals surface area (Å²) in [6.07, 6.45) is 0.943. The predicted molar refractivity (Wildman–Crippen MR) is 55.0 cm³/mol. The fourth-order valence-corrected chi connectivity index (χ4v) is 1.32. The summed E-state index contributed by atoms with van der Waals surface area (Å²) in [6.45, 7) is 10.3. The average Bonchev–Trinajstić information content (AvgIpc) is 2.46. The minimum absolute atomic E-state index is 0.0586. The van der Waals surface area contributed by atoms with Gasteiger partial charge in [0.1, 0.15) is 0 Å². The Balaban J connectivity index is 2.72. The van der Waals surface area contributed by atoms with E-state index in [0.29, 0.717) is 11.7 Å². The molecule has 0 saturated carbocycles. The van der Waals surface area contributed by atoms with Crippen molar-refractivity contribution in [2.75, 3.05) is 0 Å². The Labute approximate surface area is 85.1 Å². The van der Waals surface area contributed by atoms with Crippen LogP contribution >= 0.6 is 0 Å². The van der Waals surface area contributed by atoms with Crippen LogP contribution in [0.3, 0.4) is 0 Å². The van der Waals surface area contributed by atoms with E-state index in [1.165, 1.54) is 0 Å². The molecule has 1 aromatic rings. The molecule has 0 radical (unpaired) electrons. The Morgan fingerprint density at radius 1 is 1.43 bits per heavy atom. The lowest BCUT2D eigenvalue weighted by molar-refractivity contribution is 0.280. The van der Waals surface area contributed by atoms with Crippen LogP contribution < -0.4 is 5.32 Å². The third-order valence-electron chi connectivity index (χ3n) is 1.86. The molecule has 80 valence electrons. The Bertz CT molecular complexity index is 288. The first-order valence-corrected chi connectivity index (χ1v) is 5.00. The zero-order chi connectivity index (χ0) is 10.8. The first kappa shape index (κ1) is 11.2. The van der Waals surface area contributed by atoms with Gasteiger partial charge in [0.2, 0.25) is 5.89 Å². The van der Waals surface area contributed by atoms with Crippen LogP contribution in [-0.4, -0.2) is 15.7 Å². The van der Waals surface area contributed by atoms with E-state index < -0.39 is 0 Å². The van der Waals surface area contributed by atoms with Crippen LogP contribution in [-0.2, 0) is 0 Å². The van der Waals surface area contributed by atoms with Crippen molar-refractivity contribution in [1.82, 2.24) is 15.5 Å². The Morgan fingerprint density at radius 2 is 2.07 bits per heavy atom. The summed E-state index contributed by atoms with van der Waals surface area (Å²) >= 11 is 0. The van der Waals surface area contributed by atoms with E-state index in [1.54, 1.807) is 0 Å². The molecular formula is C10H19N3O. The Morgan fingerprint density at radius 3 is 2.43 bits per heavy atom. The molecule has 0 spiro atoms. The number of hydrogen-bond acceptors (Lipinski definition) is 4. The summed E-state index contributed by atoms with van der Waals surface area (Å²) in [5.74, 6) is 1.37. The van der Waals surface area contributed by atoms with Crippen LogP contribution in [0.4, 0.5) is 0 Å². The lowest BCUT2D eigenvalue weighted by Crippen LogP contribution is -2.38. The molecule has 4 heteroatoms. The average molecular weight is 197 g/mol. The highest BCUT2D eigenvalue weighted by Gasteiger charge is 2.21. The molecule has 14 heavy (non-hydrogen) atoms. The molecule has 1 aromatic heterocycles. The highest BCUT2D eigenvalue weighted by atomic mass is 16.5. The molecule has 0 bridgehead atoms. The Hall–Kier alpha value is -0.900. The third-order valence-corrected chi connectivity index (χ3v) is 1.86. The van der Waals surface area contributed by atoms with Crippen molar-refractivity contribution >= 4 is 0 Å². The van der Waals surface area contributed by atoms with E-state index in [1.807, 2.05) is 6.92 Å². The summed E-state index contributed by atoms with van der Waals surface area (Å²) in [7, 11) is 0. The first-order valence-electron chi connectivity index (χ1n) is 5.00. The van der Waals surface area contributed by atoms with Crippen molar-refractivity contribution in [2.24, 2.45) is 0 Å². The molecule has 0 saturated heterocycles. The van der Waals surface area contributed by atoms with Gasteiger partial charge < -0.3 is 9.84 Å². The molecule has 0 aromatic carbocycles. The zero-order valence-electron chi connectivity index (χ0n) is 9.59. The third kappa shape index (κ3) is 3.10. The van der Waals surface area contributed by atoms with Crippen molar-refractivity contribution in [3.63, 3.8) is 0 Å². The normalized spacial score (nSPS) is 14.4. The molecule has 1 rings (SSSR count). The quantitative estimate of drug-likeness (QED) is 0.807. The smallest absolute Gasteiger partial charge is 0.243 e. The van der Waals surface area contributed by atoms with Crippen LogP contribution in [0.5, 0.6) is 0 Å². The predicted octanol–water partition coefficient (Wildman–Crippen LogP) is 2.22. The molecule has 0 aliphatic heterocycles. The number of hydrogen-bond donors (Lipinski definition) is 1. The topological polar surface area (TPSA) is 51.0 Å². The van der Waals surface area contributed by atoms with Gasteiger partial charge in [-0.15, -0.1) is 0 Å². The molecular weight excluding hydrogens is 178 g/mol. The van der Waals surface area contributed by atoms with Gasteiger partial charge in [0.05, 0.1) is 6.04 Å². The zero-order valence-corrected chi connectivity index (χ0v) is 9.59. The summed E-state index contributed by atoms with van der Waals surface area (Å²) in [6, 6.07) is 0.149. The van der Waals surface area contributed by atoms with Gasteiger partial charge in [-0.05, 0) is 34.1 Å². The lowest BCUT2D eigenvalue weighted by Gasteiger charge is -2.25. The molecule has 4 nitrogen and oxygen atoms in total. The maximum atomic E-state index is 5.14. The largest absolute Gasteiger partial charge is 0.338 e. The van der Waals surface area contributed by atoms with Crippen molar-refractivity contribution in [1.29, 1.82) is 0 Å². The maximum Gasteiger partial charge on any atom is 0.243 e. The highest BCUT2D eigenvalue weighted by molar-refractivity contribution is 4.93. The second kappa shape index (κ2) is 4.09. The SMILES string of the molecule is CC[C@H](NC(C)(C)C)c1nc(C)no1. The second-order valence-electron chi connectivity index (χ2n) is 4.54. The lowest BCUT2D eigenvalue weighted by atomic mass is 10.1. The number of aromatic nitrogens is 2. The van der Waals surface area contributed by atoms with Gasteiger partial charge >= 0.3 is 0 Å². The molecule has 0 amide bonds. The fourth-order valence-electron chi connectivity index (χ4n) is 1.32. The summed E-state index contributed by atoms with van der Waals surface area (Å²) < 4.78 is 5.14. The molecule has 1 atom stereocenters. The summed E-state index contributed by atoms with van der Waals surface area (Å²) in [5, 5.41) is 7.23. The van der Waals surface area contributed by atoms with Crippen molar-refractivity contribution in [3.05, 3.63) is 11.7 Å². The van der Waals surface area contributed by atoms with Crippen LogP contribution in [0, 0.1) is 6.92 Å². The first-order chi connectivity index (χ1) is 6.42. The van der Waals surface area contributed by atoms with Gasteiger partial charge in [-0.3, -0.25) is 0 Å². The monoisotopic (exact) mass is 197 g/mol. The van der Waals surface area contributed by atoms with Gasteiger partial charge in [0.15, 0.2) is 5.82 Å². The summed E-state index contributed by atoms with van der Waals surface area (Å²) in [5.41, 5.74) is 0.0586. The van der Waals surface area contributed by atoms with E-state index in [-0.39, 0.29) is 11.6 Å². The minimum atomic E-state index is 0.0586. The van der Waals surface area contributed by atoms with Crippen LogP contribution in [0.25, 0.3) is 0 Å². The van der Waals surface area contributed by atoms with Gasteiger partial charge in [0, 0.05) is 5.54 Å². The standard InChI is InChI=1S/C10H19N3O/c1-6-8(12-10(3,4)5)9-11-7(2)13-14-9/h8,12H,6H2,1-5H3/t8-/m0/s1. The fraction of sp³-hybridized carbons (Fsp3) is 0.800. The van der Waals surface area contributed by atoms with Gasteiger partial charge in [0.25, 0.3) is 0 Å². The maximum absolute atomic E-state index is 5.14. The Kier molecular flexibility index (Phi) is 3.26. The van der Waals surface area contributed by atoms with E-state index in [0.717, 1.165) is 6.42 Å². The molecule has 0 aliphatic carbocycles. The van der Waals surface area contributed by atoms with E-state index in [2.05, 4.69) is 43.2 Å². The van der Waals surface area contributed by atoms with Crippen LogP contribution in [0.1, 0.15) is 51.9 Å². The summed E-state index contributed by atoms with van der Waals surface area (Å²) in [4.78, 5) is 4.23. The van der Waals surface area contributed by atoms with E-state index >= 15 is 0 Å². The number of aryl methyl sites for hydroxylation is 1. The van der Waals surface area contributed by atoms with E-state index in [4.69, 9.17) is 4.52 Å². The molecule has 1 N–H and O–H groups in total. The van der Waals surface area contributed by atoms with Crippen molar-refractivity contribution in [2.45, 2.75) is 52.6 Å².